The van der Waals surface area contributed by atoms with Gasteiger partial charge in [-0.1, -0.05) is 13.8 Å². The molecule has 0 saturated carbocycles. The molecule has 6 heteroatoms. The van der Waals surface area contributed by atoms with Gasteiger partial charge in [0.1, 0.15) is 12.2 Å². The van der Waals surface area contributed by atoms with Crippen LogP contribution in [0.4, 0.5) is 5.69 Å². The van der Waals surface area contributed by atoms with Crippen molar-refractivity contribution in [1.82, 2.24) is 9.88 Å². The minimum atomic E-state index is -0.358. The molecule has 0 aromatic carbocycles. The fourth-order valence-corrected chi connectivity index (χ4v) is 1.97. The normalized spacial score (nSPS) is 11.8. The van der Waals surface area contributed by atoms with Crippen molar-refractivity contribution in [2.45, 2.75) is 59.5 Å². The van der Waals surface area contributed by atoms with Crippen molar-refractivity contribution in [3.63, 3.8) is 0 Å². The highest BCUT2D eigenvalue weighted by molar-refractivity contribution is 5.90. The fraction of sp³-hybridized carbons (Fsp3) is 0.562. The van der Waals surface area contributed by atoms with Gasteiger partial charge < -0.3 is 15.2 Å². The number of hydrogen-bond donors (Lipinski definition) is 2. The lowest BCUT2D eigenvalue weighted by Crippen LogP contribution is -2.38. The lowest BCUT2D eigenvalue weighted by Gasteiger charge is -2.15. The van der Waals surface area contributed by atoms with E-state index in [1.54, 1.807) is 19.1 Å². The van der Waals surface area contributed by atoms with Crippen LogP contribution in [0.5, 0.6) is 0 Å². The Hall–Kier alpha value is -2.11. The van der Waals surface area contributed by atoms with Gasteiger partial charge in [-0.3, -0.25) is 14.4 Å². The van der Waals surface area contributed by atoms with E-state index in [0.717, 1.165) is 6.42 Å². The third-order valence-electron chi connectivity index (χ3n) is 3.47. The summed E-state index contributed by atoms with van der Waals surface area (Å²) in [5.74, 6) is -0.407. The van der Waals surface area contributed by atoms with Gasteiger partial charge in [-0.05, 0) is 38.8 Å². The Morgan fingerprint density at radius 2 is 1.91 bits per heavy atom. The summed E-state index contributed by atoms with van der Waals surface area (Å²) in [6.07, 6.45) is 1.90. The van der Waals surface area contributed by atoms with Crippen molar-refractivity contribution < 1.29 is 9.59 Å². The molecule has 0 radical (unpaired) electrons. The van der Waals surface area contributed by atoms with Gasteiger partial charge in [-0.2, -0.15) is 0 Å². The third kappa shape index (κ3) is 5.02. The van der Waals surface area contributed by atoms with E-state index in [4.69, 9.17) is 0 Å². The van der Waals surface area contributed by atoms with Gasteiger partial charge in [-0.15, -0.1) is 0 Å². The van der Waals surface area contributed by atoms with Crippen LogP contribution in [0.25, 0.3) is 0 Å². The van der Waals surface area contributed by atoms with Crippen LogP contribution < -0.4 is 16.2 Å². The van der Waals surface area contributed by atoms with Gasteiger partial charge in [0.05, 0.1) is 0 Å². The number of nitrogens with zero attached hydrogens (tertiary/aromatic N) is 1. The SMILES string of the molecule is CCCC(=O)Nc1ccc(C)n(CC(=O)NC(C)CC)c1=O. The topological polar surface area (TPSA) is 80.2 Å². The molecule has 1 unspecified atom stereocenters. The van der Waals surface area contributed by atoms with Crippen molar-refractivity contribution in [3.05, 3.63) is 28.2 Å². The van der Waals surface area contributed by atoms with Gasteiger partial charge in [-0.25, -0.2) is 0 Å². The molecule has 1 atom stereocenters. The molecule has 1 heterocycles. The predicted molar refractivity (Wildman–Crippen MR) is 86.9 cm³/mol. The van der Waals surface area contributed by atoms with Crippen molar-refractivity contribution in [3.8, 4) is 0 Å². The van der Waals surface area contributed by atoms with Crippen molar-refractivity contribution >= 4 is 17.5 Å². The number of amides is 2. The monoisotopic (exact) mass is 307 g/mol. The fourth-order valence-electron chi connectivity index (χ4n) is 1.97. The Morgan fingerprint density at radius 3 is 2.50 bits per heavy atom. The van der Waals surface area contributed by atoms with Gasteiger partial charge >= 0.3 is 0 Å². The van der Waals surface area contributed by atoms with E-state index in [-0.39, 0.29) is 35.6 Å². The highest BCUT2D eigenvalue weighted by Crippen LogP contribution is 2.05. The highest BCUT2D eigenvalue weighted by atomic mass is 16.2. The zero-order chi connectivity index (χ0) is 16.7. The average molecular weight is 307 g/mol. The van der Waals surface area contributed by atoms with E-state index in [1.165, 1.54) is 4.57 Å². The minimum Gasteiger partial charge on any atom is -0.352 e. The second-order valence-electron chi connectivity index (χ2n) is 5.45. The average Bonchev–Trinajstić information content (AvgIpc) is 2.46. The van der Waals surface area contributed by atoms with Crippen LogP contribution in [-0.2, 0) is 16.1 Å². The molecule has 0 fully saturated rings. The summed E-state index contributed by atoms with van der Waals surface area (Å²) in [5.41, 5.74) is 0.530. The smallest absolute Gasteiger partial charge is 0.274 e. The number of hydrogen-bond acceptors (Lipinski definition) is 3. The van der Waals surface area contributed by atoms with E-state index in [9.17, 15) is 14.4 Å². The molecule has 0 saturated heterocycles. The lowest BCUT2D eigenvalue weighted by atomic mass is 10.2. The third-order valence-corrected chi connectivity index (χ3v) is 3.47. The lowest BCUT2D eigenvalue weighted by molar-refractivity contribution is -0.122. The summed E-state index contributed by atoms with van der Waals surface area (Å²) in [5, 5.41) is 5.43. The van der Waals surface area contributed by atoms with Gasteiger partial charge in [0.2, 0.25) is 11.8 Å². The second kappa shape index (κ2) is 8.36. The van der Waals surface area contributed by atoms with Gasteiger partial charge in [0, 0.05) is 18.2 Å². The summed E-state index contributed by atoms with van der Waals surface area (Å²) in [7, 11) is 0. The zero-order valence-electron chi connectivity index (χ0n) is 13.7. The number of carbonyl (C=O) groups is 2. The minimum absolute atomic E-state index is 0.0491. The first-order valence-electron chi connectivity index (χ1n) is 7.68. The molecule has 0 bridgehead atoms. The summed E-state index contributed by atoms with van der Waals surface area (Å²) in [6, 6.07) is 3.37. The van der Waals surface area contributed by atoms with Crippen molar-refractivity contribution in [2.75, 3.05) is 5.32 Å². The molecule has 1 rings (SSSR count). The predicted octanol–water partition coefficient (Wildman–Crippen LogP) is 1.81. The van der Waals surface area contributed by atoms with Crippen LogP contribution in [0.2, 0.25) is 0 Å². The van der Waals surface area contributed by atoms with Crippen LogP contribution >= 0.6 is 0 Å². The highest BCUT2D eigenvalue weighted by Gasteiger charge is 2.13. The number of carbonyl (C=O) groups excluding carboxylic acids is 2. The van der Waals surface area contributed by atoms with E-state index in [2.05, 4.69) is 10.6 Å². The van der Waals surface area contributed by atoms with Crippen LogP contribution in [0.3, 0.4) is 0 Å². The Labute approximate surface area is 130 Å². The first-order chi connectivity index (χ1) is 10.4. The molecule has 0 aliphatic heterocycles. The van der Waals surface area contributed by atoms with Crippen LogP contribution in [0.1, 0.15) is 45.7 Å². The van der Waals surface area contributed by atoms with Crippen LogP contribution in [0.15, 0.2) is 16.9 Å². The molecule has 1 aromatic rings. The molecule has 6 nitrogen and oxygen atoms in total. The summed E-state index contributed by atoms with van der Waals surface area (Å²) in [6.45, 7) is 7.50. The van der Waals surface area contributed by atoms with Gasteiger partial charge in [0.15, 0.2) is 0 Å². The number of anilines is 1. The summed E-state index contributed by atoms with van der Waals surface area (Å²) in [4.78, 5) is 36.0. The molecule has 0 spiro atoms. The number of pyridine rings is 1. The molecule has 0 aliphatic carbocycles. The van der Waals surface area contributed by atoms with Crippen LogP contribution in [0, 0.1) is 6.92 Å². The Morgan fingerprint density at radius 1 is 1.23 bits per heavy atom. The van der Waals surface area contributed by atoms with Crippen molar-refractivity contribution in [2.24, 2.45) is 0 Å². The molecule has 2 N–H and O–H groups in total. The van der Waals surface area contributed by atoms with Crippen molar-refractivity contribution in [1.29, 1.82) is 0 Å². The quantitative estimate of drug-likeness (QED) is 0.806. The number of rotatable bonds is 7. The maximum atomic E-state index is 12.4. The van der Waals surface area contributed by atoms with E-state index < -0.39 is 0 Å². The Bertz CT molecular complexity index is 593. The second-order valence-corrected chi connectivity index (χ2v) is 5.45. The zero-order valence-corrected chi connectivity index (χ0v) is 13.7. The first kappa shape index (κ1) is 17.9. The first-order valence-corrected chi connectivity index (χ1v) is 7.68. The standard InChI is InChI=1S/C16H25N3O3/c1-5-7-14(20)18-13-9-8-12(4)19(16(13)22)10-15(21)17-11(3)6-2/h8-9,11H,5-7,10H2,1-4H3,(H,17,21)(H,18,20). The van der Waals surface area contributed by atoms with E-state index >= 15 is 0 Å². The molecule has 22 heavy (non-hydrogen) atoms. The summed E-state index contributed by atoms with van der Waals surface area (Å²) < 4.78 is 1.37. The molecule has 1 aromatic heterocycles. The molecular weight excluding hydrogens is 282 g/mol. The van der Waals surface area contributed by atoms with E-state index in [0.29, 0.717) is 18.5 Å². The summed E-state index contributed by atoms with van der Waals surface area (Å²) >= 11 is 0. The Balaban J connectivity index is 2.93. The molecule has 0 aliphatic rings. The van der Waals surface area contributed by atoms with Crippen LogP contribution in [-0.4, -0.2) is 22.4 Å². The number of aromatic nitrogens is 1. The molecule has 2 amide bonds. The Kier molecular flexibility index (Phi) is 6.82. The number of nitrogens with one attached hydrogen (secondary N) is 2. The van der Waals surface area contributed by atoms with E-state index in [1.807, 2.05) is 20.8 Å². The largest absolute Gasteiger partial charge is 0.352 e. The van der Waals surface area contributed by atoms with Gasteiger partial charge in [0.25, 0.3) is 5.56 Å². The maximum absolute atomic E-state index is 12.4. The molecular formula is C16H25N3O3. The number of aryl methyl sites for hydroxylation is 1. The maximum Gasteiger partial charge on any atom is 0.274 e. The molecule has 122 valence electrons.